The molecule has 2 rings (SSSR count). The minimum Gasteiger partial charge on any atom is -0.388 e. The van der Waals surface area contributed by atoms with Crippen molar-refractivity contribution >= 4 is 17.8 Å². The normalized spacial score (nSPS) is 11.4. The number of nitrogens with two attached hydrogens (primary N) is 1. The molecule has 0 radical (unpaired) electrons. The van der Waals surface area contributed by atoms with E-state index in [2.05, 4.69) is 10.1 Å². The molecule has 6 heteroatoms. The number of esters is 2. The molecule has 25 heavy (non-hydrogen) atoms. The summed E-state index contributed by atoms with van der Waals surface area (Å²) in [7, 11) is 0. The van der Waals surface area contributed by atoms with Crippen LogP contribution in [0, 0.1) is 0 Å². The second-order valence-electron chi connectivity index (χ2n) is 5.48. The summed E-state index contributed by atoms with van der Waals surface area (Å²) in [5.41, 5.74) is 7.16. The Balaban J connectivity index is 1.71. The molecule has 0 spiro atoms. The largest absolute Gasteiger partial charge is 0.388 e. The van der Waals surface area contributed by atoms with Crippen LogP contribution in [0.5, 0.6) is 0 Å². The third-order valence-corrected chi connectivity index (χ3v) is 3.55. The van der Waals surface area contributed by atoms with Crippen LogP contribution in [0.25, 0.3) is 0 Å². The zero-order valence-corrected chi connectivity index (χ0v) is 13.7. The van der Waals surface area contributed by atoms with Crippen molar-refractivity contribution in [2.75, 3.05) is 6.54 Å². The van der Waals surface area contributed by atoms with E-state index in [4.69, 9.17) is 5.73 Å². The summed E-state index contributed by atoms with van der Waals surface area (Å²) in [6, 6.07) is 17.1. The fraction of sp³-hybridized carbons (Fsp3) is 0.211. The molecule has 0 aliphatic heterocycles. The Hall–Kier alpha value is -2.99. The number of aryl methyl sites for hydroxylation is 1. The second kappa shape index (κ2) is 9.34. The number of benzene rings is 2. The van der Waals surface area contributed by atoms with Gasteiger partial charge in [-0.25, -0.2) is 9.59 Å². The highest BCUT2D eigenvalue weighted by Gasteiger charge is 2.17. The Morgan fingerprint density at radius 3 is 2.20 bits per heavy atom. The molecule has 2 aromatic carbocycles. The van der Waals surface area contributed by atoms with E-state index in [0.29, 0.717) is 12.8 Å². The fourth-order valence-corrected chi connectivity index (χ4v) is 2.16. The second-order valence-corrected chi connectivity index (χ2v) is 5.48. The van der Waals surface area contributed by atoms with Crippen molar-refractivity contribution < 1.29 is 19.1 Å². The van der Waals surface area contributed by atoms with Crippen LogP contribution < -0.4 is 11.1 Å². The van der Waals surface area contributed by atoms with Gasteiger partial charge in [0.15, 0.2) is 0 Å². The number of hydrogen-bond acceptors (Lipinski definition) is 5. The molecule has 6 nitrogen and oxygen atoms in total. The number of rotatable bonds is 7. The molecular weight excluding hydrogens is 320 g/mol. The first-order chi connectivity index (χ1) is 12.1. The van der Waals surface area contributed by atoms with Crippen molar-refractivity contribution in [3.8, 4) is 0 Å². The van der Waals surface area contributed by atoms with Crippen molar-refractivity contribution in [2.45, 2.75) is 18.9 Å². The predicted molar refractivity (Wildman–Crippen MR) is 92.6 cm³/mol. The van der Waals surface area contributed by atoms with Gasteiger partial charge in [-0.15, -0.1) is 0 Å². The molecule has 2 aromatic rings. The van der Waals surface area contributed by atoms with Crippen molar-refractivity contribution in [2.24, 2.45) is 5.73 Å². The van der Waals surface area contributed by atoms with Gasteiger partial charge in [0, 0.05) is 0 Å². The first kappa shape index (κ1) is 18.4. The van der Waals surface area contributed by atoms with Crippen LogP contribution in [-0.2, 0) is 20.7 Å². The van der Waals surface area contributed by atoms with Gasteiger partial charge in [0.2, 0.25) is 5.91 Å². The highest BCUT2D eigenvalue weighted by molar-refractivity contribution is 5.98. The van der Waals surface area contributed by atoms with Gasteiger partial charge in [0.05, 0.1) is 11.6 Å². The highest BCUT2D eigenvalue weighted by atomic mass is 16.6. The molecule has 0 aliphatic carbocycles. The quantitative estimate of drug-likeness (QED) is 0.587. The van der Waals surface area contributed by atoms with Crippen LogP contribution in [0.2, 0.25) is 0 Å². The first-order valence-electron chi connectivity index (χ1n) is 7.93. The zero-order valence-electron chi connectivity index (χ0n) is 13.7. The smallest absolute Gasteiger partial charge is 0.345 e. The van der Waals surface area contributed by atoms with Crippen LogP contribution >= 0.6 is 0 Å². The fourth-order valence-electron chi connectivity index (χ4n) is 2.16. The Morgan fingerprint density at radius 2 is 1.56 bits per heavy atom. The average molecular weight is 340 g/mol. The number of carbonyl (C=O) groups is 3. The topological polar surface area (TPSA) is 98.5 Å². The van der Waals surface area contributed by atoms with E-state index in [1.807, 2.05) is 30.3 Å². The molecule has 0 aliphatic rings. The van der Waals surface area contributed by atoms with Gasteiger partial charge in [-0.1, -0.05) is 48.5 Å². The number of nitrogens with one attached hydrogen (secondary N) is 1. The Kier molecular flexibility index (Phi) is 6.86. The Bertz CT molecular complexity index is 717. The maximum atomic E-state index is 11.9. The molecule has 0 aromatic heterocycles. The minimum absolute atomic E-state index is 0.265. The predicted octanol–water partition coefficient (Wildman–Crippen LogP) is 1.45. The first-order valence-corrected chi connectivity index (χ1v) is 7.93. The average Bonchev–Trinajstić information content (AvgIpc) is 2.65. The molecular formula is C19H20N2O4. The molecule has 130 valence electrons. The maximum absolute atomic E-state index is 11.9. The standard InChI is InChI=1S/C19H20N2O4/c20-16(12-11-14-7-3-1-4-8-14)18(23)21-13-17(22)25-19(24)15-9-5-2-6-10-15/h1-10,16H,11-13,20H2,(H,21,23)/t16-/m0/s1. The van der Waals surface area contributed by atoms with Crippen LogP contribution in [0.3, 0.4) is 0 Å². The minimum atomic E-state index is -0.836. The van der Waals surface area contributed by atoms with E-state index >= 15 is 0 Å². The van der Waals surface area contributed by atoms with Gasteiger partial charge >= 0.3 is 11.9 Å². The summed E-state index contributed by atoms with van der Waals surface area (Å²) in [6.45, 7) is -0.406. The molecule has 0 bridgehead atoms. The molecule has 3 N–H and O–H groups in total. The van der Waals surface area contributed by atoms with E-state index in [0.717, 1.165) is 5.56 Å². The number of carbonyl (C=O) groups excluding carboxylic acids is 3. The molecule has 1 atom stereocenters. The van der Waals surface area contributed by atoms with Crippen LogP contribution in [0.4, 0.5) is 0 Å². The van der Waals surface area contributed by atoms with Gasteiger partial charge < -0.3 is 15.8 Å². The molecule has 0 heterocycles. The lowest BCUT2D eigenvalue weighted by Gasteiger charge is -2.11. The van der Waals surface area contributed by atoms with Crippen molar-refractivity contribution in [1.29, 1.82) is 0 Å². The van der Waals surface area contributed by atoms with Crippen LogP contribution in [-0.4, -0.2) is 30.4 Å². The summed E-state index contributed by atoms with van der Waals surface area (Å²) >= 11 is 0. The lowest BCUT2D eigenvalue weighted by atomic mass is 10.1. The van der Waals surface area contributed by atoms with Gasteiger partial charge in [-0.2, -0.15) is 0 Å². The summed E-state index contributed by atoms with van der Waals surface area (Å²) in [5, 5.41) is 2.38. The lowest BCUT2D eigenvalue weighted by Crippen LogP contribution is -2.43. The van der Waals surface area contributed by atoms with Gasteiger partial charge in [0.1, 0.15) is 6.54 Å². The Morgan fingerprint density at radius 1 is 0.960 bits per heavy atom. The van der Waals surface area contributed by atoms with Gasteiger partial charge in [-0.3, -0.25) is 4.79 Å². The van der Waals surface area contributed by atoms with Crippen molar-refractivity contribution in [1.82, 2.24) is 5.32 Å². The molecule has 0 fully saturated rings. The molecule has 1 amide bonds. The molecule has 0 unspecified atom stereocenters. The van der Waals surface area contributed by atoms with Crippen molar-refractivity contribution in [3.05, 3.63) is 71.8 Å². The SMILES string of the molecule is N[C@@H](CCc1ccccc1)C(=O)NCC(=O)OC(=O)c1ccccc1. The summed E-state index contributed by atoms with van der Waals surface area (Å²) in [5.74, 6) is -2.05. The molecule has 0 saturated heterocycles. The van der Waals surface area contributed by atoms with E-state index in [-0.39, 0.29) is 5.56 Å². The zero-order chi connectivity index (χ0) is 18.1. The van der Waals surface area contributed by atoms with E-state index < -0.39 is 30.4 Å². The van der Waals surface area contributed by atoms with Gasteiger partial charge in [0.25, 0.3) is 0 Å². The third kappa shape index (κ3) is 6.19. The summed E-state index contributed by atoms with van der Waals surface area (Å²) in [6.07, 6.45) is 1.11. The number of ether oxygens (including phenoxy) is 1. The molecule has 0 saturated carbocycles. The lowest BCUT2D eigenvalue weighted by molar-refractivity contribution is -0.139. The van der Waals surface area contributed by atoms with Gasteiger partial charge in [-0.05, 0) is 30.5 Å². The van der Waals surface area contributed by atoms with Crippen LogP contribution in [0.1, 0.15) is 22.3 Å². The summed E-state index contributed by atoms with van der Waals surface area (Å²) in [4.78, 5) is 35.2. The summed E-state index contributed by atoms with van der Waals surface area (Å²) < 4.78 is 4.66. The van der Waals surface area contributed by atoms with Crippen LogP contribution in [0.15, 0.2) is 60.7 Å². The van der Waals surface area contributed by atoms with E-state index in [1.54, 1.807) is 18.2 Å². The van der Waals surface area contributed by atoms with E-state index in [9.17, 15) is 14.4 Å². The Labute approximate surface area is 146 Å². The van der Waals surface area contributed by atoms with Crippen molar-refractivity contribution in [3.63, 3.8) is 0 Å². The number of amides is 1. The monoisotopic (exact) mass is 340 g/mol. The van der Waals surface area contributed by atoms with E-state index in [1.165, 1.54) is 12.1 Å². The highest BCUT2D eigenvalue weighted by Crippen LogP contribution is 2.04. The third-order valence-electron chi connectivity index (χ3n) is 3.55. The maximum Gasteiger partial charge on any atom is 0.345 e. The number of hydrogen-bond donors (Lipinski definition) is 2.